The molecule has 0 unspecified atom stereocenters. The Kier molecular flexibility index (Phi) is 3.06. The molecule has 4 heteroatoms. The van der Waals surface area contributed by atoms with Crippen LogP contribution in [0, 0.1) is 0 Å². The number of aryl methyl sites for hydroxylation is 1. The largest absolute Gasteiger partial charge is 0.489 e. The van der Waals surface area contributed by atoms with Crippen molar-refractivity contribution in [2.75, 3.05) is 0 Å². The number of hydrogen-bond acceptors (Lipinski definition) is 2. The molecule has 0 amide bonds. The Morgan fingerprint density at radius 3 is 3.00 bits per heavy atom. The predicted octanol–water partition coefficient (Wildman–Crippen LogP) is 2.76. The molecule has 0 fully saturated rings. The van der Waals surface area contributed by atoms with E-state index in [1.165, 1.54) is 0 Å². The van der Waals surface area contributed by atoms with Gasteiger partial charge in [-0.3, -0.25) is 4.68 Å². The maximum atomic E-state index is 5.60. The number of benzene rings is 1. The minimum absolute atomic E-state index is 0.546. The van der Waals surface area contributed by atoms with Crippen molar-refractivity contribution in [3.63, 3.8) is 0 Å². The van der Waals surface area contributed by atoms with E-state index in [1.54, 1.807) is 10.9 Å². The third-order valence-corrected chi connectivity index (χ3v) is 2.45. The van der Waals surface area contributed by atoms with Crippen molar-refractivity contribution < 1.29 is 4.74 Å². The molecule has 0 radical (unpaired) electrons. The van der Waals surface area contributed by atoms with Crippen molar-refractivity contribution in [3.05, 3.63) is 46.7 Å². The molecule has 0 aliphatic rings. The third kappa shape index (κ3) is 2.83. The van der Waals surface area contributed by atoms with Crippen molar-refractivity contribution in [3.8, 4) is 5.75 Å². The van der Waals surface area contributed by atoms with E-state index in [2.05, 4.69) is 21.0 Å². The van der Waals surface area contributed by atoms with Gasteiger partial charge in [0.2, 0.25) is 0 Å². The summed E-state index contributed by atoms with van der Waals surface area (Å²) in [5, 5.41) is 4.07. The molecule has 0 aliphatic carbocycles. The van der Waals surface area contributed by atoms with E-state index in [1.807, 2.05) is 37.5 Å². The average Bonchev–Trinajstić information content (AvgIpc) is 2.62. The molecule has 15 heavy (non-hydrogen) atoms. The maximum Gasteiger partial charge on any atom is 0.120 e. The molecule has 2 aromatic rings. The molecule has 1 aromatic carbocycles. The molecule has 0 spiro atoms. The van der Waals surface area contributed by atoms with Gasteiger partial charge in [0.1, 0.15) is 12.4 Å². The van der Waals surface area contributed by atoms with Crippen molar-refractivity contribution in [1.82, 2.24) is 9.78 Å². The van der Waals surface area contributed by atoms with Gasteiger partial charge in [0.25, 0.3) is 0 Å². The second-order valence-electron chi connectivity index (χ2n) is 3.27. The van der Waals surface area contributed by atoms with Gasteiger partial charge in [-0.2, -0.15) is 5.10 Å². The van der Waals surface area contributed by atoms with Gasteiger partial charge in [-0.1, -0.05) is 22.0 Å². The zero-order chi connectivity index (χ0) is 10.7. The minimum atomic E-state index is 0.546. The molecule has 0 saturated heterocycles. The molecule has 0 saturated carbocycles. The standard InChI is InChI=1S/C11H11BrN2O/c1-14-7-9(6-13-14)8-15-11-4-2-3-10(12)5-11/h2-7H,8H2,1H3. The van der Waals surface area contributed by atoms with E-state index in [4.69, 9.17) is 4.74 Å². The minimum Gasteiger partial charge on any atom is -0.489 e. The van der Waals surface area contributed by atoms with E-state index in [0.29, 0.717) is 6.61 Å². The highest BCUT2D eigenvalue weighted by Gasteiger charge is 1.98. The van der Waals surface area contributed by atoms with E-state index in [0.717, 1.165) is 15.8 Å². The summed E-state index contributed by atoms with van der Waals surface area (Å²) in [4.78, 5) is 0. The summed E-state index contributed by atoms with van der Waals surface area (Å²) in [6.45, 7) is 0.546. The van der Waals surface area contributed by atoms with Crippen molar-refractivity contribution in [2.24, 2.45) is 7.05 Å². The Bertz CT molecular complexity index is 453. The molecule has 2 rings (SSSR count). The molecular formula is C11H11BrN2O. The summed E-state index contributed by atoms with van der Waals surface area (Å²) in [5.41, 5.74) is 1.07. The van der Waals surface area contributed by atoms with Crippen LogP contribution in [0.3, 0.4) is 0 Å². The molecule has 0 atom stereocenters. The van der Waals surface area contributed by atoms with Gasteiger partial charge < -0.3 is 4.74 Å². The fourth-order valence-electron chi connectivity index (χ4n) is 1.27. The lowest BCUT2D eigenvalue weighted by Gasteiger charge is -2.04. The summed E-state index contributed by atoms with van der Waals surface area (Å²) in [6.07, 6.45) is 3.75. The van der Waals surface area contributed by atoms with Gasteiger partial charge in [-0.25, -0.2) is 0 Å². The van der Waals surface area contributed by atoms with Crippen molar-refractivity contribution >= 4 is 15.9 Å². The molecule has 0 bridgehead atoms. The van der Waals surface area contributed by atoms with Gasteiger partial charge in [0.15, 0.2) is 0 Å². The molecule has 0 aliphatic heterocycles. The van der Waals surface area contributed by atoms with Crippen LogP contribution in [0.1, 0.15) is 5.56 Å². The number of hydrogen-bond donors (Lipinski definition) is 0. The number of aromatic nitrogens is 2. The van der Waals surface area contributed by atoms with Crippen LogP contribution in [0.4, 0.5) is 0 Å². The van der Waals surface area contributed by atoms with Crippen LogP contribution in [-0.2, 0) is 13.7 Å². The summed E-state index contributed by atoms with van der Waals surface area (Å²) in [6, 6.07) is 7.79. The van der Waals surface area contributed by atoms with E-state index < -0.39 is 0 Å². The van der Waals surface area contributed by atoms with Crippen LogP contribution in [0.5, 0.6) is 5.75 Å². The van der Waals surface area contributed by atoms with Crippen molar-refractivity contribution in [2.45, 2.75) is 6.61 Å². The first-order chi connectivity index (χ1) is 7.24. The molecule has 3 nitrogen and oxygen atoms in total. The number of nitrogens with zero attached hydrogens (tertiary/aromatic N) is 2. The molecular weight excluding hydrogens is 256 g/mol. The first-order valence-electron chi connectivity index (χ1n) is 4.60. The lowest BCUT2D eigenvalue weighted by atomic mass is 10.3. The van der Waals surface area contributed by atoms with E-state index in [-0.39, 0.29) is 0 Å². The van der Waals surface area contributed by atoms with Crippen LogP contribution >= 0.6 is 15.9 Å². The Morgan fingerprint density at radius 2 is 2.33 bits per heavy atom. The average molecular weight is 267 g/mol. The molecule has 1 aromatic heterocycles. The Morgan fingerprint density at radius 1 is 1.47 bits per heavy atom. The zero-order valence-electron chi connectivity index (χ0n) is 8.35. The Balaban J connectivity index is 1.99. The molecule has 1 heterocycles. The highest BCUT2D eigenvalue weighted by Crippen LogP contribution is 2.18. The fraction of sp³-hybridized carbons (Fsp3) is 0.182. The smallest absolute Gasteiger partial charge is 0.120 e. The van der Waals surface area contributed by atoms with Gasteiger partial charge in [-0.05, 0) is 18.2 Å². The fourth-order valence-corrected chi connectivity index (χ4v) is 1.65. The molecule has 78 valence electrons. The summed E-state index contributed by atoms with van der Waals surface area (Å²) >= 11 is 3.40. The molecule has 0 N–H and O–H groups in total. The monoisotopic (exact) mass is 266 g/mol. The highest BCUT2D eigenvalue weighted by molar-refractivity contribution is 9.10. The van der Waals surface area contributed by atoms with E-state index >= 15 is 0 Å². The SMILES string of the molecule is Cn1cc(COc2cccc(Br)c2)cn1. The van der Waals surface area contributed by atoms with Gasteiger partial charge in [-0.15, -0.1) is 0 Å². The van der Waals surface area contributed by atoms with Crippen LogP contribution in [-0.4, -0.2) is 9.78 Å². The van der Waals surface area contributed by atoms with E-state index in [9.17, 15) is 0 Å². The summed E-state index contributed by atoms with van der Waals surface area (Å²) in [5.74, 6) is 0.855. The number of rotatable bonds is 3. The normalized spacial score (nSPS) is 10.3. The number of halogens is 1. The number of ether oxygens (including phenoxy) is 1. The maximum absolute atomic E-state index is 5.60. The first kappa shape index (κ1) is 10.2. The van der Waals surface area contributed by atoms with Crippen LogP contribution < -0.4 is 4.74 Å². The van der Waals surface area contributed by atoms with Gasteiger partial charge in [0.05, 0.1) is 6.20 Å². The Hall–Kier alpha value is -1.29. The van der Waals surface area contributed by atoms with Gasteiger partial charge >= 0.3 is 0 Å². The second-order valence-corrected chi connectivity index (χ2v) is 4.18. The Labute approximate surface area is 96.8 Å². The first-order valence-corrected chi connectivity index (χ1v) is 5.39. The second kappa shape index (κ2) is 4.49. The van der Waals surface area contributed by atoms with Crippen LogP contribution in [0.25, 0.3) is 0 Å². The quantitative estimate of drug-likeness (QED) is 0.855. The summed E-state index contributed by atoms with van der Waals surface area (Å²) in [7, 11) is 1.89. The van der Waals surface area contributed by atoms with Crippen molar-refractivity contribution in [1.29, 1.82) is 0 Å². The third-order valence-electron chi connectivity index (χ3n) is 1.96. The highest BCUT2D eigenvalue weighted by atomic mass is 79.9. The van der Waals surface area contributed by atoms with Gasteiger partial charge in [0, 0.05) is 23.3 Å². The lowest BCUT2D eigenvalue weighted by Crippen LogP contribution is -1.93. The predicted molar refractivity (Wildman–Crippen MR) is 61.7 cm³/mol. The van der Waals surface area contributed by atoms with Crippen LogP contribution in [0.2, 0.25) is 0 Å². The summed E-state index contributed by atoms with van der Waals surface area (Å²) < 4.78 is 8.39. The lowest BCUT2D eigenvalue weighted by molar-refractivity contribution is 0.306. The zero-order valence-corrected chi connectivity index (χ0v) is 9.94. The van der Waals surface area contributed by atoms with Crippen LogP contribution in [0.15, 0.2) is 41.1 Å². The topological polar surface area (TPSA) is 27.1 Å².